The van der Waals surface area contributed by atoms with Gasteiger partial charge in [0.05, 0.1) is 19.7 Å². The summed E-state index contributed by atoms with van der Waals surface area (Å²) in [5.41, 5.74) is 0. The zero-order chi connectivity index (χ0) is 10.3. The Labute approximate surface area is 77.3 Å². The lowest BCUT2D eigenvalue weighted by atomic mass is 10.4. The van der Waals surface area contributed by atoms with E-state index < -0.39 is 5.97 Å². The van der Waals surface area contributed by atoms with Crippen LogP contribution in [-0.4, -0.2) is 48.2 Å². The van der Waals surface area contributed by atoms with E-state index in [0.29, 0.717) is 13.2 Å². The van der Waals surface area contributed by atoms with Gasteiger partial charge in [0, 0.05) is 0 Å². The molecule has 0 bridgehead atoms. The van der Waals surface area contributed by atoms with Gasteiger partial charge in [-0.15, -0.1) is 0 Å². The van der Waals surface area contributed by atoms with Crippen molar-refractivity contribution in [1.82, 2.24) is 4.90 Å². The number of likely N-dealkylation sites (N-methyl/N-ethyl adjacent to an activating group) is 1. The normalized spacial score (nSPS) is 10.1. The van der Waals surface area contributed by atoms with E-state index in [-0.39, 0.29) is 19.1 Å². The second-order valence-corrected chi connectivity index (χ2v) is 2.50. The topological polar surface area (TPSA) is 66.8 Å². The molecule has 0 aliphatic carbocycles. The maximum Gasteiger partial charge on any atom is 0.320 e. The van der Waals surface area contributed by atoms with E-state index in [1.807, 2.05) is 0 Å². The Kier molecular flexibility index (Phi) is 5.88. The summed E-state index contributed by atoms with van der Waals surface area (Å²) in [7, 11) is 0. The fourth-order valence-electron chi connectivity index (χ4n) is 0.860. The summed E-state index contributed by atoms with van der Waals surface area (Å²) >= 11 is 0. The number of carbonyl (C=O) groups is 2. The van der Waals surface area contributed by atoms with Gasteiger partial charge < -0.3 is 9.84 Å². The lowest BCUT2D eigenvalue weighted by Crippen LogP contribution is -2.35. The molecule has 0 saturated carbocycles. The Hall–Kier alpha value is -1.10. The highest BCUT2D eigenvalue weighted by Crippen LogP contribution is 1.89. The molecule has 0 radical (unpaired) electrons. The first-order valence-corrected chi connectivity index (χ1v) is 4.19. The Bertz CT molecular complexity index is 181. The third-order valence-electron chi connectivity index (χ3n) is 1.46. The van der Waals surface area contributed by atoms with Crippen molar-refractivity contribution in [2.45, 2.75) is 13.8 Å². The Morgan fingerprint density at radius 1 is 1.31 bits per heavy atom. The minimum absolute atomic E-state index is 0.0383. The lowest BCUT2D eigenvalue weighted by Gasteiger charge is -2.16. The van der Waals surface area contributed by atoms with Crippen LogP contribution >= 0.6 is 0 Å². The molecule has 0 rings (SSSR count). The first kappa shape index (κ1) is 11.9. The number of rotatable bonds is 6. The number of ether oxygens (including phenoxy) is 1. The first-order valence-electron chi connectivity index (χ1n) is 4.19. The van der Waals surface area contributed by atoms with Gasteiger partial charge in [-0.05, 0) is 13.5 Å². The van der Waals surface area contributed by atoms with Crippen LogP contribution in [0.5, 0.6) is 0 Å². The molecule has 0 saturated heterocycles. The Morgan fingerprint density at radius 2 is 1.92 bits per heavy atom. The second kappa shape index (κ2) is 6.42. The van der Waals surface area contributed by atoms with Crippen LogP contribution in [0.2, 0.25) is 0 Å². The molecule has 1 N–H and O–H groups in total. The largest absolute Gasteiger partial charge is 0.480 e. The Balaban J connectivity index is 3.83. The molecule has 0 amide bonds. The third kappa shape index (κ3) is 6.10. The molecule has 0 aromatic heterocycles. The van der Waals surface area contributed by atoms with Gasteiger partial charge in [0.1, 0.15) is 0 Å². The van der Waals surface area contributed by atoms with Crippen molar-refractivity contribution in [3.8, 4) is 0 Å². The molecular weight excluding hydrogens is 174 g/mol. The molecule has 5 heteroatoms. The molecule has 13 heavy (non-hydrogen) atoms. The van der Waals surface area contributed by atoms with Crippen molar-refractivity contribution < 1.29 is 19.4 Å². The van der Waals surface area contributed by atoms with Gasteiger partial charge in [0.25, 0.3) is 0 Å². The fourth-order valence-corrected chi connectivity index (χ4v) is 0.860. The molecule has 0 aliphatic heterocycles. The minimum atomic E-state index is -0.939. The number of hydrogen-bond acceptors (Lipinski definition) is 4. The van der Waals surface area contributed by atoms with Gasteiger partial charge in [-0.3, -0.25) is 14.5 Å². The number of carbonyl (C=O) groups excluding carboxylic acids is 1. The fraction of sp³-hybridized carbons (Fsp3) is 0.750. The predicted octanol–water partition coefficient (Wildman–Crippen LogP) is -0.0440. The highest BCUT2D eigenvalue weighted by Gasteiger charge is 2.12. The summed E-state index contributed by atoms with van der Waals surface area (Å²) in [6.07, 6.45) is 0. The van der Waals surface area contributed by atoms with Crippen molar-refractivity contribution in [2.24, 2.45) is 0 Å². The molecule has 0 spiro atoms. The van der Waals surface area contributed by atoms with Crippen molar-refractivity contribution in [3.05, 3.63) is 0 Å². The van der Waals surface area contributed by atoms with E-state index in [9.17, 15) is 9.59 Å². The summed E-state index contributed by atoms with van der Waals surface area (Å²) in [4.78, 5) is 22.8. The third-order valence-corrected chi connectivity index (χ3v) is 1.46. The van der Waals surface area contributed by atoms with Gasteiger partial charge in [0.15, 0.2) is 0 Å². The average Bonchev–Trinajstić information content (AvgIpc) is 2.02. The molecule has 0 aromatic carbocycles. The van der Waals surface area contributed by atoms with Gasteiger partial charge in [-0.1, -0.05) is 6.92 Å². The molecule has 76 valence electrons. The highest BCUT2D eigenvalue weighted by atomic mass is 16.5. The van der Waals surface area contributed by atoms with Crippen LogP contribution in [0.1, 0.15) is 13.8 Å². The van der Waals surface area contributed by atoms with E-state index in [0.717, 1.165) is 0 Å². The number of hydrogen-bond donors (Lipinski definition) is 1. The quantitative estimate of drug-likeness (QED) is 0.594. The van der Waals surface area contributed by atoms with Crippen LogP contribution < -0.4 is 0 Å². The minimum Gasteiger partial charge on any atom is -0.480 e. The molecule has 0 unspecified atom stereocenters. The van der Waals surface area contributed by atoms with Crippen molar-refractivity contribution in [1.29, 1.82) is 0 Å². The Morgan fingerprint density at radius 3 is 2.31 bits per heavy atom. The zero-order valence-electron chi connectivity index (χ0n) is 7.95. The maximum absolute atomic E-state index is 10.9. The highest BCUT2D eigenvalue weighted by molar-refractivity contribution is 5.73. The van der Waals surface area contributed by atoms with Crippen LogP contribution in [0, 0.1) is 0 Å². The standard InChI is InChI=1S/C8H15NO4/c1-3-9(5-7(10)11)6-8(12)13-4-2/h3-6H2,1-2H3,(H,10,11). The molecule has 0 aliphatic rings. The molecule has 5 nitrogen and oxygen atoms in total. The smallest absolute Gasteiger partial charge is 0.320 e. The summed E-state index contributed by atoms with van der Waals surface area (Å²) in [6.45, 7) is 4.26. The molecule has 0 atom stereocenters. The number of carboxylic acids is 1. The first-order chi connectivity index (χ1) is 6.10. The monoisotopic (exact) mass is 189 g/mol. The second-order valence-electron chi connectivity index (χ2n) is 2.50. The number of carboxylic acid groups (broad SMARTS) is 1. The average molecular weight is 189 g/mol. The van der Waals surface area contributed by atoms with Crippen molar-refractivity contribution >= 4 is 11.9 Å². The zero-order valence-corrected chi connectivity index (χ0v) is 7.95. The van der Waals surface area contributed by atoms with Crippen LogP contribution in [0.4, 0.5) is 0 Å². The van der Waals surface area contributed by atoms with E-state index in [1.165, 1.54) is 4.90 Å². The molecule has 0 aromatic rings. The SMILES string of the molecule is CCOC(=O)CN(CC)CC(=O)O. The summed E-state index contributed by atoms with van der Waals surface area (Å²) in [5.74, 6) is -1.32. The van der Waals surface area contributed by atoms with Crippen LogP contribution in [-0.2, 0) is 14.3 Å². The molecule has 0 heterocycles. The van der Waals surface area contributed by atoms with E-state index >= 15 is 0 Å². The summed E-state index contributed by atoms with van der Waals surface area (Å²) in [6, 6.07) is 0. The number of esters is 1. The number of aliphatic carboxylic acids is 1. The maximum atomic E-state index is 10.9. The predicted molar refractivity (Wildman–Crippen MR) is 46.4 cm³/mol. The lowest BCUT2D eigenvalue weighted by molar-refractivity contribution is -0.145. The van der Waals surface area contributed by atoms with Crippen molar-refractivity contribution in [3.63, 3.8) is 0 Å². The van der Waals surface area contributed by atoms with Gasteiger partial charge in [-0.2, -0.15) is 0 Å². The summed E-state index contributed by atoms with van der Waals surface area (Å²) in [5, 5.41) is 8.46. The van der Waals surface area contributed by atoms with E-state index in [2.05, 4.69) is 4.74 Å². The van der Waals surface area contributed by atoms with Crippen molar-refractivity contribution in [2.75, 3.05) is 26.2 Å². The van der Waals surface area contributed by atoms with Gasteiger partial charge in [0.2, 0.25) is 0 Å². The van der Waals surface area contributed by atoms with Crippen LogP contribution in [0.3, 0.4) is 0 Å². The van der Waals surface area contributed by atoms with E-state index in [4.69, 9.17) is 5.11 Å². The van der Waals surface area contributed by atoms with Gasteiger partial charge >= 0.3 is 11.9 Å². The van der Waals surface area contributed by atoms with Crippen LogP contribution in [0.25, 0.3) is 0 Å². The number of nitrogens with zero attached hydrogens (tertiary/aromatic N) is 1. The van der Waals surface area contributed by atoms with Crippen LogP contribution in [0.15, 0.2) is 0 Å². The van der Waals surface area contributed by atoms with Gasteiger partial charge in [-0.25, -0.2) is 0 Å². The summed E-state index contributed by atoms with van der Waals surface area (Å²) < 4.78 is 4.68. The molecular formula is C8H15NO4. The van der Waals surface area contributed by atoms with E-state index in [1.54, 1.807) is 13.8 Å². The molecule has 0 fully saturated rings.